The predicted molar refractivity (Wildman–Crippen MR) is 55.6 cm³/mol. The molecule has 0 unspecified atom stereocenters. The number of rotatable bonds is 3. The molecule has 76 valence electrons. The van der Waals surface area contributed by atoms with Crippen molar-refractivity contribution in [2.75, 3.05) is 6.54 Å². The van der Waals surface area contributed by atoms with Gasteiger partial charge in [-0.3, -0.25) is 0 Å². The van der Waals surface area contributed by atoms with Crippen molar-refractivity contribution in [3.05, 3.63) is 0 Å². The van der Waals surface area contributed by atoms with Gasteiger partial charge in [-0.1, -0.05) is 25.7 Å². The SMILES string of the molecule is NCC1(NC2CCCCCC2)CC1. The van der Waals surface area contributed by atoms with Crippen LogP contribution in [-0.4, -0.2) is 18.1 Å². The predicted octanol–water partition coefficient (Wildman–Crippen LogP) is 1.79. The van der Waals surface area contributed by atoms with Gasteiger partial charge in [-0.2, -0.15) is 0 Å². The highest BCUT2D eigenvalue weighted by Crippen LogP contribution is 2.35. The maximum atomic E-state index is 5.76. The summed E-state index contributed by atoms with van der Waals surface area (Å²) >= 11 is 0. The standard InChI is InChI=1S/C11H22N2/c12-9-11(7-8-11)13-10-5-3-1-2-4-6-10/h10,13H,1-9,12H2. The molecule has 0 heterocycles. The van der Waals surface area contributed by atoms with Crippen molar-refractivity contribution < 1.29 is 0 Å². The lowest BCUT2D eigenvalue weighted by Crippen LogP contribution is -2.44. The minimum atomic E-state index is 0.370. The molecular weight excluding hydrogens is 160 g/mol. The zero-order valence-corrected chi connectivity index (χ0v) is 8.52. The second-order valence-electron chi connectivity index (χ2n) is 4.82. The van der Waals surface area contributed by atoms with E-state index in [2.05, 4.69) is 5.32 Å². The molecule has 0 amide bonds. The Kier molecular flexibility index (Phi) is 2.89. The van der Waals surface area contributed by atoms with E-state index >= 15 is 0 Å². The summed E-state index contributed by atoms with van der Waals surface area (Å²) < 4.78 is 0. The fraction of sp³-hybridized carbons (Fsp3) is 1.00. The Balaban J connectivity index is 1.79. The topological polar surface area (TPSA) is 38.0 Å². The van der Waals surface area contributed by atoms with Crippen LogP contribution in [0.5, 0.6) is 0 Å². The van der Waals surface area contributed by atoms with Crippen molar-refractivity contribution in [2.24, 2.45) is 5.73 Å². The van der Waals surface area contributed by atoms with E-state index in [0.717, 1.165) is 12.6 Å². The van der Waals surface area contributed by atoms with Crippen molar-refractivity contribution in [1.29, 1.82) is 0 Å². The molecule has 2 aliphatic rings. The van der Waals surface area contributed by atoms with Gasteiger partial charge >= 0.3 is 0 Å². The fourth-order valence-electron chi connectivity index (χ4n) is 2.41. The van der Waals surface area contributed by atoms with Crippen LogP contribution in [0.3, 0.4) is 0 Å². The van der Waals surface area contributed by atoms with Gasteiger partial charge in [-0.05, 0) is 25.7 Å². The van der Waals surface area contributed by atoms with E-state index in [9.17, 15) is 0 Å². The Labute approximate surface area is 81.3 Å². The highest BCUT2D eigenvalue weighted by molar-refractivity contribution is 5.04. The summed E-state index contributed by atoms with van der Waals surface area (Å²) in [5.41, 5.74) is 6.13. The van der Waals surface area contributed by atoms with E-state index in [1.54, 1.807) is 0 Å². The van der Waals surface area contributed by atoms with Crippen molar-refractivity contribution in [2.45, 2.75) is 62.9 Å². The molecule has 0 spiro atoms. The molecule has 2 heteroatoms. The summed E-state index contributed by atoms with van der Waals surface area (Å²) in [6.45, 7) is 0.837. The lowest BCUT2D eigenvalue weighted by molar-refractivity contribution is 0.383. The Bertz CT molecular complexity index is 155. The normalized spacial score (nSPS) is 28.4. The van der Waals surface area contributed by atoms with E-state index in [4.69, 9.17) is 5.73 Å². The highest BCUT2D eigenvalue weighted by atomic mass is 15.1. The monoisotopic (exact) mass is 182 g/mol. The summed E-state index contributed by atoms with van der Waals surface area (Å²) in [7, 11) is 0. The molecular formula is C11H22N2. The molecule has 2 aliphatic carbocycles. The minimum absolute atomic E-state index is 0.370. The van der Waals surface area contributed by atoms with Crippen LogP contribution in [0.4, 0.5) is 0 Å². The van der Waals surface area contributed by atoms with Gasteiger partial charge in [0.15, 0.2) is 0 Å². The van der Waals surface area contributed by atoms with Gasteiger partial charge < -0.3 is 11.1 Å². The van der Waals surface area contributed by atoms with Gasteiger partial charge in [0.2, 0.25) is 0 Å². The van der Waals surface area contributed by atoms with Gasteiger partial charge in [0.05, 0.1) is 0 Å². The molecule has 0 aromatic heterocycles. The molecule has 0 saturated heterocycles. The number of nitrogens with one attached hydrogen (secondary N) is 1. The number of nitrogens with two attached hydrogens (primary N) is 1. The van der Waals surface area contributed by atoms with Crippen LogP contribution in [0.1, 0.15) is 51.4 Å². The second kappa shape index (κ2) is 3.97. The first-order valence-corrected chi connectivity index (χ1v) is 5.82. The van der Waals surface area contributed by atoms with Crippen molar-refractivity contribution in [1.82, 2.24) is 5.32 Å². The average Bonchev–Trinajstić information content (AvgIpc) is 2.92. The summed E-state index contributed by atoms with van der Waals surface area (Å²) in [4.78, 5) is 0. The third kappa shape index (κ3) is 2.44. The van der Waals surface area contributed by atoms with Crippen LogP contribution in [0, 0.1) is 0 Å². The lowest BCUT2D eigenvalue weighted by Gasteiger charge is -2.23. The second-order valence-corrected chi connectivity index (χ2v) is 4.82. The van der Waals surface area contributed by atoms with Crippen LogP contribution >= 0.6 is 0 Å². The molecule has 0 aromatic rings. The maximum Gasteiger partial charge on any atom is 0.0307 e. The highest BCUT2D eigenvalue weighted by Gasteiger charge is 2.42. The molecule has 3 N–H and O–H groups in total. The number of hydrogen-bond donors (Lipinski definition) is 2. The van der Waals surface area contributed by atoms with Crippen molar-refractivity contribution in [3.63, 3.8) is 0 Å². The van der Waals surface area contributed by atoms with Gasteiger partial charge in [0.25, 0.3) is 0 Å². The van der Waals surface area contributed by atoms with Crippen molar-refractivity contribution in [3.8, 4) is 0 Å². The molecule has 13 heavy (non-hydrogen) atoms. The molecule has 0 aliphatic heterocycles. The molecule has 0 radical (unpaired) electrons. The van der Waals surface area contributed by atoms with E-state index in [-0.39, 0.29) is 0 Å². The van der Waals surface area contributed by atoms with E-state index < -0.39 is 0 Å². The summed E-state index contributed by atoms with van der Waals surface area (Å²) in [5, 5.41) is 3.77. The third-order valence-corrected chi connectivity index (χ3v) is 3.61. The lowest BCUT2D eigenvalue weighted by atomic mass is 10.1. The van der Waals surface area contributed by atoms with E-state index in [1.807, 2.05) is 0 Å². The van der Waals surface area contributed by atoms with Crippen LogP contribution in [0.2, 0.25) is 0 Å². The first-order valence-electron chi connectivity index (χ1n) is 5.82. The minimum Gasteiger partial charge on any atom is -0.329 e. The van der Waals surface area contributed by atoms with Crippen LogP contribution in [-0.2, 0) is 0 Å². The first-order chi connectivity index (χ1) is 6.35. The summed E-state index contributed by atoms with van der Waals surface area (Å²) in [5.74, 6) is 0. The van der Waals surface area contributed by atoms with Crippen LogP contribution in [0.15, 0.2) is 0 Å². The summed E-state index contributed by atoms with van der Waals surface area (Å²) in [6, 6.07) is 0.772. The first kappa shape index (κ1) is 9.47. The van der Waals surface area contributed by atoms with Gasteiger partial charge in [0.1, 0.15) is 0 Å². The molecule has 2 nitrogen and oxygen atoms in total. The van der Waals surface area contributed by atoms with Gasteiger partial charge in [0, 0.05) is 18.1 Å². The van der Waals surface area contributed by atoms with Crippen molar-refractivity contribution >= 4 is 0 Å². The number of hydrogen-bond acceptors (Lipinski definition) is 2. The smallest absolute Gasteiger partial charge is 0.0307 e. The van der Waals surface area contributed by atoms with Crippen LogP contribution in [0.25, 0.3) is 0 Å². The van der Waals surface area contributed by atoms with Gasteiger partial charge in [-0.15, -0.1) is 0 Å². The Morgan fingerprint density at radius 3 is 2.15 bits per heavy atom. The largest absolute Gasteiger partial charge is 0.329 e. The Morgan fingerprint density at radius 1 is 1.08 bits per heavy atom. The van der Waals surface area contributed by atoms with E-state index in [0.29, 0.717) is 5.54 Å². The zero-order valence-electron chi connectivity index (χ0n) is 8.52. The fourth-order valence-corrected chi connectivity index (χ4v) is 2.41. The average molecular weight is 182 g/mol. The quantitative estimate of drug-likeness (QED) is 0.653. The summed E-state index contributed by atoms with van der Waals surface area (Å²) in [6.07, 6.45) is 11.1. The van der Waals surface area contributed by atoms with Gasteiger partial charge in [-0.25, -0.2) is 0 Å². The molecule has 2 fully saturated rings. The molecule has 0 aromatic carbocycles. The molecule has 2 rings (SSSR count). The molecule has 0 bridgehead atoms. The third-order valence-electron chi connectivity index (χ3n) is 3.61. The maximum absolute atomic E-state index is 5.76. The van der Waals surface area contributed by atoms with Crippen LogP contribution < -0.4 is 11.1 Å². The Hall–Kier alpha value is -0.0800. The van der Waals surface area contributed by atoms with E-state index in [1.165, 1.54) is 51.4 Å². The molecule has 0 atom stereocenters. The Morgan fingerprint density at radius 2 is 1.69 bits per heavy atom. The molecule has 2 saturated carbocycles. The zero-order chi connectivity index (χ0) is 9.15.